The molecular formula is C27H52N2O6. The quantitative estimate of drug-likeness (QED) is 0.236. The molecule has 0 aromatic heterocycles. The Hall–Kier alpha value is -1.67. The average molecular weight is 501 g/mol. The fourth-order valence-electron chi connectivity index (χ4n) is 5.39. The van der Waals surface area contributed by atoms with Crippen LogP contribution < -0.4 is 11.1 Å². The van der Waals surface area contributed by atoms with E-state index in [0.717, 1.165) is 6.42 Å². The Morgan fingerprint density at radius 2 is 1.43 bits per heavy atom. The first-order chi connectivity index (χ1) is 15.5. The van der Waals surface area contributed by atoms with Gasteiger partial charge in [0, 0.05) is 24.9 Å². The van der Waals surface area contributed by atoms with Crippen LogP contribution in [0, 0.1) is 11.3 Å². The molecule has 0 aliphatic carbocycles. The van der Waals surface area contributed by atoms with Crippen LogP contribution >= 0.6 is 0 Å². The lowest BCUT2D eigenvalue weighted by atomic mass is 9.70. The van der Waals surface area contributed by atoms with Crippen molar-refractivity contribution in [2.24, 2.45) is 17.1 Å². The van der Waals surface area contributed by atoms with Crippen LogP contribution in [0.4, 0.5) is 0 Å². The standard InChI is InChI=1S/C27H52N2O6/c1-19(2)13-24(6,7)33-15-22(32)29-21(23(4,5)16-25(8,9)34-18-30)14-27(12,28)17-26(10,11)35-20(3)31/h18-19,21H,13-17,28H2,1-12H3,(H,29,32). The predicted octanol–water partition coefficient (Wildman–Crippen LogP) is 4.52. The van der Waals surface area contributed by atoms with Gasteiger partial charge in [-0.15, -0.1) is 0 Å². The van der Waals surface area contributed by atoms with Crippen molar-refractivity contribution in [3.8, 4) is 0 Å². The zero-order valence-corrected chi connectivity index (χ0v) is 24.3. The summed E-state index contributed by atoms with van der Waals surface area (Å²) in [6, 6.07) is -0.357. The maximum atomic E-state index is 13.0. The van der Waals surface area contributed by atoms with Crippen molar-refractivity contribution in [3.05, 3.63) is 0 Å². The molecule has 0 heterocycles. The summed E-state index contributed by atoms with van der Waals surface area (Å²) in [4.78, 5) is 35.6. The van der Waals surface area contributed by atoms with Crippen LogP contribution in [-0.4, -0.2) is 53.3 Å². The Labute approximate surface area is 213 Å². The molecular weight excluding hydrogens is 448 g/mol. The number of rotatable bonds is 16. The Balaban J connectivity index is 5.75. The number of carbonyl (C=O) groups excluding carboxylic acids is 3. The highest BCUT2D eigenvalue weighted by atomic mass is 16.6. The first-order valence-corrected chi connectivity index (χ1v) is 12.5. The molecule has 0 aliphatic rings. The van der Waals surface area contributed by atoms with E-state index in [2.05, 4.69) is 19.2 Å². The van der Waals surface area contributed by atoms with E-state index in [9.17, 15) is 14.4 Å². The van der Waals surface area contributed by atoms with Gasteiger partial charge in [0.15, 0.2) is 0 Å². The molecule has 0 aromatic carbocycles. The van der Waals surface area contributed by atoms with Crippen LogP contribution in [0.5, 0.6) is 0 Å². The van der Waals surface area contributed by atoms with E-state index in [1.54, 1.807) is 0 Å². The van der Waals surface area contributed by atoms with E-state index in [1.165, 1.54) is 6.92 Å². The fourth-order valence-corrected chi connectivity index (χ4v) is 5.39. The Morgan fingerprint density at radius 3 is 1.89 bits per heavy atom. The molecule has 3 N–H and O–H groups in total. The second-order valence-electron chi connectivity index (χ2n) is 13.3. The first-order valence-electron chi connectivity index (χ1n) is 12.5. The summed E-state index contributed by atoms with van der Waals surface area (Å²) in [6.07, 6.45) is 2.14. The number of nitrogens with one attached hydrogen (secondary N) is 1. The zero-order chi connectivity index (χ0) is 27.9. The van der Waals surface area contributed by atoms with Crippen molar-refractivity contribution in [2.45, 2.75) is 137 Å². The summed E-state index contributed by atoms with van der Waals surface area (Å²) in [7, 11) is 0. The van der Waals surface area contributed by atoms with E-state index in [0.29, 0.717) is 31.7 Å². The van der Waals surface area contributed by atoms with Gasteiger partial charge < -0.3 is 25.3 Å². The number of hydrogen-bond donors (Lipinski definition) is 2. The van der Waals surface area contributed by atoms with Gasteiger partial charge in [-0.25, -0.2) is 0 Å². The molecule has 0 saturated heterocycles. The molecule has 0 saturated carbocycles. The second kappa shape index (κ2) is 12.5. The van der Waals surface area contributed by atoms with Crippen molar-refractivity contribution in [3.63, 3.8) is 0 Å². The minimum Gasteiger partial charge on any atom is -0.462 e. The van der Waals surface area contributed by atoms with E-state index in [-0.39, 0.29) is 24.5 Å². The highest BCUT2D eigenvalue weighted by molar-refractivity contribution is 5.77. The third kappa shape index (κ3) is 14.5. The van der Waals surface area contributed by atoms with E-state index >= 15 is 0 Å². The molecule has 8 heteroatoms. The minimum atomic E-state index is -0.766. The highest BCUT2D eigenvalue weighted by Gasteiger charge is 2.42. The third-order valence-electron chi connectivity index (χ3n) is 5.94. The Morgan fingerprint density at radius 1 is 0.886 bits per heavy atom. The van der Waals surface area contributed by atoms with Crippen molar-refractivity contribution in [1.29, 1.82) is 0 Å². The van der Waals surface area contributed by atoms with E-state index in [4.69, 9.17) is 19.9 Å². The van der Waals surface area contributed by atoms with Gasteiger partial charge in [0.1, 0.15) is 17.8 Å². The summed E-state index contributed by atoms with van der Waals surface area (Å²) < 4.78 is 16.7. The van der Waals surface area contributed by atoms with Gasteiger partial charge in [-0.1, -0.05) is 27.7 Å². The average Bonchev–Trinajstić information content (AvgIpc) is 2.54. The second-order valence-corrected chi connectivity index (χ2v) is 13.3. The summed E-state index contributed by atoms with van der Waals surface area (Å²) in [5.74, 6) is -0.160. The largest absolute Gasteiger partial charge is 0.462 e. The molecule has 0 radical (unpaired) electrons. The molecule has 2 unspecified atom stereocenters. The molecule has 2 atom stereocenters. The van der Waals surface area contributed by atoms with Crippen molar-refractivity contribution in [1.82, 2.24) is 5.32 Å². The lowest BCUT2D eigenvalue weighted by Crippen LogP contribution is -2.56. The lowest BCUT2D eigenvalue weighted by Gasteiger charge is -2.44. The summed E-state index contributed by atoms with van der Waals surface area (Å²) in [5.41, 5.74) is 3.54. The maximum Gasteiger partial charge on any atom is 0.303 e. The van der Waals surface area contributed by atoms with Gasteiger partial charge in [-0.2, -0.15) is 0 Å². The van der Waals surface area contributed by atoms with Crippen LogP contribution in [0.3, 0.4) is 0 Å². The monoisotopic (exact) mass is 500 g/mol. The predicted molar refractivity (Wildman–Crippen MR) is 139 cm³/mol. The third-order valence-corrected chi connectivity index (χ3v) is 5.94. The topological polar surface area (TPSA) is 117 Å². The number of amides is 1. The van der Waals surface area contributed by atoms with Crippen LogP contribution in [0.15, 0.2) is 0 Å². The van der Waals surface area contributed by atoms with Crippen molar-refractivity contribution < 1.29 is 28.6 Å². The van der Waals surface area contributed by atoms with E-state index < -0.39 is 27.8 Å². The maximum absolute atomic E-state index is 13.0. The fraction of sp³-hybridized carbons (Fsp3) is 0.889. The molecule has 8 nitrogen and oxygen atoms in total. The zero-order valence-electron chi connectivity index (χ0n) is 24.3. The molecule has 0 fully saturated rings. The summed E-state index contributed by atoms with van der Waals surface area (Å²) in [5, 5.41) is 3.13. The molecule has 0 aromatic rings. The molecule has 0 rings (SSSR count). The first kappa shape index (κ1) is 33.3. The highest BCUT2D eigenvalue weighted by Crippen LogP contribution is 2.37. The van der Waals surface area contributed by atoms with Gasteiger partial charge in [-0.3, -0.25) is 14.4 Å². The van der Waals surface area contributed by atoms with Crippen LogP contribution in [0.25, 0.3) is 0 Å². The van der Waals surface area contributed by atoms with Gasteiger partial charge in [0.2, 0.25) is 5.91 Å². The van der Waals surface area contributed by atoms with Crippen LogP contribution in [0.1, 0.15) is 109 Å². The number of esters is 1. The van der Waals surface area contributed by atoms with Crippen molar-refractivity contribution >= 4 is 18.3 Å². The smallest absolute Gasteiger partial charge is 0.303 e. The molecule has 0 bridgehead atoms. The van der Waals surface area contributed by atoms with Gasteiger partial charge >= 0.3 is 5.97 Å². The number of carbonyl (C=O) groups is 3. The molecule has 206 valence electrons. The summed E-state index contributed by atoms with van der Waals surface area (Å²) in [6.45, 7) is 23.2. The van der Waals surface area contributed by atoms with E-state index in [1.807, 2.05) is 62.3 Å². The molecule has 0 aliphatic heterocycles. The Kier molecular flexibility index (Phi) is 11.9. The summed E-state index contributed by atoms with van der Waals surface area (Å²) >= 11 is 0. The van der Waals surface area contributed by atoms with Crippen molar-refractivity contribution in [2.75, 3.05) is 6.61 Å². The van der Waals surface area contributed by atoms with Crippen LogP contribution in [-0.2, 0) is 28.6 Å². The minimum absolute atomic E-state index is 0.0687. The molecule has 0 spiro atoms. The van der Waals surface area contributed by atoms with Gasteiger partial charge in [0.25, 0.3) is 6.47 Å². The Bertz CT molecular complexity index is 710. The SMILES string of the molecule is CC(=O)OC(C)(C)CC(C)(N)CC(NC(=O)COC(C)(C)CC(C)C)C(C)(C)CC(C)(C)OC=O. The molecule has 1 amide bonds. The lowest BCUT2D eigenvalue weighted by molar-refractivity contribution is -0.155. The van der Waals surface area contributed by atoms with Crippen LogP contribution in [0.2, 0.25) is 0 Å². The number of hydrogen-bond acceptors (Lipinski definition) is 7. The number of ether oxygens (including phenoxy) is 3. The normalized spacial score (nSPS) is 15.8. The van der Waals surface area contributed by atoms with Gasteiger partial charge in [-0.05, 0) is 79.1 Å². The molecule has 35 heavy (non-hydrogen) atoms. The number of nitrogens with two attached hydrogens (primary N) is 1. The van der Waals surface area contributed by atoms with Gasteiger partial charge in [0.05, 0.1) is 5.60 Å².